The van der Waals surface area contributed by atoms with Gasteiger partial charge in [-0.2, -0.15) is 0 Å². The number of nitrogens with one attached hydrogen (secondary N) is 1. The molecule has 2 aliphatic rings. The van der Waals surface area contributed by atoms with Crippen LogP contribution in [0.4, 0.5) is 5.69 Å². The Kier molecular flexibility index (Phi) is 4.11. The second-order valence-electron chi connectivity index (χ2n) is 4.92. The molecule has 1 unspecified atom stereocenters. The maximum atomic E-state index is 12.0. The molecule has 6 heteroatoms. The van der Waals surface area contributed by atoms with E-state index in [0.29, 0.717) is 31.2 Å². The Bertz CT molecular complexity index is 652. The van der Waals surface area contributed by atoms with Gasteiger partial charge in [-0.3, -0.25) is 0 Å². The third-order valence-corrected chi connectivity index (χ3v) is 3.51. The highest BCUT2D eigenvalue weighted by molar-refractivity contribution is 6.00. The van der Waals surface area contributed by atoms with Crippen LogP contribution < -0.4 is 5.32 Å². The zero-order chi connectivity index (χ0) is 15.5. The summed E-state index contributed by atoms with van der Waals surface area (Å²) in [5, 5.41) is 3.20. The lowest BCUT2D eigenvalue weighted by Crippen LogP contribution is -2.32. The van der Waals surface area contributed by atoms with E-state index >= 15 is 0 Å². The molecule has 1 N–H and O–H groups in total. The number of hydrogen-bond donors (Lipinski definition) is 1. The van der Waals surface area contributed by atoms with Gasteiger partial charge < -0.3 is 19.5 Å². The van der Waals surface area contributed by atoms with Gasteiger partial charge in [-0.25, -0.2) is 9.79 Å². The fourth-order valence-electron chi connectivity index (χ4n) is 2.48. The second-order valence-corrected chi connectivity index (χ2v) is 4.92. The number of carbonyl (C=O) groups excluding carboxylic acids is 1. The van der Waals surface area contributed by atoms with E-state index in [4.69, 9.17) is 14.2 Å². The molecular weight excluding hydrogens is 284 g/mol. The Balaban J connectivity index is 1.94. The molecule has 0 saturated heterocycles. The average Bonchev–Trinajstić information content (AvgIpc) is 3.07. The van der Waals surface area contributed by atoms with Gasteiger partial charge in [-0.15, -0.1) is 0 Å². The first-order valence-corrected chi connectivity index (χ1v) is 7.22. The highest BCUT2D eigenvalue weighted by Gasteiger charge is 2.27. The number of hydrogen-bond acceptors (Lipinski definition) is 6. The normalized spacial score (nSPS) is 19.5. The third kappa shape index (κ3) is 2.69. The molecule has 2 heterocycles. The van der Waals surface area contributed by atoms with Crippen molar-refractivity contribution < 1.29 is 19.0 Å². The van der Waals surface area contributed by atoms with E-state index < -0.39 is 6.23 Å². The van der Waals surface area contributed by atoms with Crippen molar-refractivity contribution in [2.75, 3.05) is 32.2 Å². The summed E-state index contributed by atoms with van der Waals surface area (Å²) in [4.78, 5) is 16.3. The standard InChI is InChI=1S/C16H18N2O4/c1-3-21-16(19)12-8-10-4-5-11(14-17-6-7-22-14)9-13(10)18-15(12)20-2/h4-5,8-9,15,18H,3,6-7H2,1-2H3. The van der Waals surface area contributed by atoms with Crippen LogP contribution in [0.3, 0.4) is 0 Å². The summed E-state index contributed by atoms with van der Waals surface area (Å²) in [6, 6.07) is 5.80. The Hall–Kier alpha value is -2.34. The largest absolute Gasteiger partial charge is 0.476 e. The number of esters is 1. The molecule has 2 aliphatic heterocycles. The summed E-state index contributed by atoms with van der Waals surface area (Å²) < 4.78 is 15.9. The Morgan fingerprint density at radius 2 is 2.36 bits per heavy atom. The number of anilines is 1. The van der Waals surface area contributed by atoms with E-state index in [-0.39, 0.29) is 5.97 Å². The zero-order valence-electron chi connectivity index (χ0n) is 12.6. The molecule has 116 valence electrons. The molecule has 0 amide bonds. The first-order valence-electron chi connectivity index (χ1n) is 7.22. The number of ether oxygens (including phenoxy) is 3. The van der Waals surface area contributed by atoms with Crippen LogP contribution >= 0.6 is 0 Å². The Labute approximate surface area is 128 Å². The Morgan fingerprint density at radius 1 is 1.50 bits per heavy atom. The van der Waals surface area contributed by atoms with Gasteiger partial charge in [0.2, 0.25) is 5.90 Å². The first kappa shape index (κ1) is 14.6. The third-order valence-electron chi connectivity index (χ3n) is 3.51. The number of nitrogens with zero attached hydrogens (tertiary/aromatic N) is 1. The predicted molar refractivity (Wildman–Crippen MR) is 82.8 cm³/mol. The van der Waals surface area contributed by atoms with Crippen molar-refractivity contribution in [1.29, 1.82) is 0 Å². The van der Waals surface area contributed by atoms with Crippen LogP contribution in [0.2, 0.25) is 0 Å². The highest BCUT2D eigenvalue weighted by atomic mass is 16.5. The highest BCUT2D eigenvalue weighted by Crippen LogP contribution is 2.29. The fourth-order valence-corrected chi connectivity index (χ4v) is 2.48. The van der Waals surface area contributed by atoms with Crippen LogP contribution in [0.25, 0.3) is 6.08 Å². The van der Waals surface area contributed by atoms with Gasteiger partial charge in [0, 0.05) is 18.4 Å². The van der Waals surface area contributed by atoms with Gasteiger partial charge in [0.1, 0.15) is 6.61 Å². The molecule has 0 bridgehead atoms. The SMILES string of the molecule is CCOC(=O)C1=Cc2ccc(C3=NCCO3)cc2NC1OC. The van der Waals surface area contributed by atoms with Crippen molar-refractivity contribution >= 4 is 23.6 Å². The maximum absolute atomic E-state index is 12.0. The molecule has 6 nitrogen and oxygen atoms in total. The van der Waals surface area contributed by atoms with E-state index in [1.165, 1.54) is 0 Å². The van der Waals surface area contributed by atoms with E-state index in [9.17, 15) is 4.79 Å². The van der Waals surface area contributed by atoms with Crippen molar-refractivity contribution in [3.63, 3.8) is 0 Å². The van der Waals surface area contributed by atoms with Crippen molar-refractivity contribution in [2.24, 2.45) is 4.99 Å². The topological polar surface area (TPSA) is 69.2 Å². The van der Waals surface area contributed by atoms with Crippen LogP contribution in [-0.4, -0.2) is 45.0 Å². The van der Waals surface area contributed by atoms with Crippen LogP contribution in [0.1, 0.15) is 18.1 Å². The minimum Gasteiger partial charge on any atom is -0.476 e. The molecule has 1 aromatic carbocycles. The number of rotatable bonds is 4. The van der Waals surface area contributed by atoms with Gasteiger partial charge in [0.05, 0.1) is 18.7 Å². The average molecular weight is 302 g/mol. The van der Waals surface area contributed by atoms with Crippen LogP contribution in [0, 0.1) is 0 Å². The fraction of sp³-hybridized carbons (Fsp3) is 0.375. The number of carbonyl (C=O) groups is 1. The lowest BCUT2D eigenvalue weighted by molar-refractivity contribution is -0.139. The van der Waals surface area contributed by atoms with Gasteiger partial charge in [0.15, 0.2) is 6.23 Å². The molecule has 0 saturated carbocycles. The van der Waals surface area contributed by atoms with Crippen LogP contribution in [-0.2, 0) is 19.0 Å². The summed E-state index contributed by atoms with van der Waals surface area (Å²) in [7, 11) is 1.55. The number of methoxy groups -OCH3 is 1. The van der Waals surface area contributed by atoms with Crippen molar-refractivity contribution in [2.45, 2.75) is 13.2 Å². The van der Waals surface area contributed by atoms with Crippen LogP contribution in [0.15, 0.2) is 28.8 Å². The van der Waals surface area contributed by atoms with Crippen molar-refractivity contribution in [3.8, 4) is 0 Å². The number of benzene rings is 1. The maximum Gasteiger partial charge on any atom is 0.338 e. The van der Waals surface area contributed by atoms with Crippen molar-refractivity contribution in [3.05, 3.63) is 34.9 Å². The minimum absolute atomic E-state index is 0.329. The molecule has 0 radical (unpaired) electrons. The van der Waals surface area contributed by atoms with E-state index in [1.807, 2.05) is 18.2 Å². The molecule has 22 heavy (non-hydrogen) atoms. The molecule has 1 atom stereocenters. The molecular formula is C16H18N2O4. The summed E-state index contributed by atoms with van der Waals surface area (Å²) in [5.74, 6) is 0.277. The molecule has 0 aromatic heterocycles. The second kappa shape index (κ2) is 6.19. The number of fused-ring (bicyclic) bond motifs is 1. The smallest absolute Gasteiger partial charge is 0.338 e. The van der Waals surface area contributed by atoms with Crippen molar-refractivity contribution in [1.82, 2.24) is 0 Å². The predicted octanol–water partition coefficient (Wildman–Crippen LogP) is 1.81. The van der Waals surface area contributed by atoms with Gasteiger partial charge >= 0.3 is 5.97 Å². The summed E-state index contributed by atoms with van der Waals surface area (Å²) >= 11 is 0. The lowest BCUT2D eigenvalue weighted by atomic mass is 10.0. The van der Waals surface area contributed by atoms with E-state index in [0.717, 1.165) is 16.8 Å². The van der Waals surface area contributed by atoms with Crippen LogP contribution in [0.5, 0.6) is 0 Å². The molecule has 0 spiro atoms. The van der Waals surface area contributed by atoms with Gasteiger partial charge in [-0.05, 0) is 30.7 Å². The molecule has 0 aliphatic carbocycles. The summed E-state index contributed by atoms with van der Waals surface area (Å²) in [6.45, 7) is 3.41. The number of aliphatic imine (C=N–C) groups is 1. The molecule has 1 aromatic rings. The summed E-state index contributed by atoms with van der Waals surface area (Å²) in [5.41, 5.74) is 3.14. The van der Waals surface area contributed by atoms with E-state index in [1.54, 1.807) is 20.1 Å². The quantitative estimate of drug-likeness (QED) is 0.859. The van der Waals surface area contributed by atoms with Gasteiger partial charge in [0.25, 0.3) is 0 Å². The zero-order valence-corrected chi connectivity index (χ0v) is 12.6. The molecule has 0 fully saturated rings. The monoisotopic (exact) mass is 302 g/mol. The van der Waals surface area contributed by atoms with E-state index in [2.05, 4.69) is 10.3 Å². The van der Waals surface area contributed by atoms with Gasteiger partial charge in [-0.1, -0.05) is 6.07 Å². The minimum atomic E-state index is -0.534. The first-order chi connectivity index (χ1) is 10.7. The Morgan fingerprint density at radius 3 is 3.05 bits per heavy atom. The molecule has 3 rings (SSSR count). The lowest BCUT2D eigenvalue weighted by Gasteiger charge is -2.26. The summed E-state index contributed by atoms with van der Waals surface area (Å²) in [6.07, 6.45) is 1.26.